The summed E-state index contributed by atoms with van der Waals surface area (Å²) < 4.78 is 26.5. The van der Waals surface area contributed by atoms with Crippen molar-refractivity contribution in [1.29, 1.82) is 0 Å². The summed E-state index contributed by atoms with van der Waals surface area (Å²) in [5.41, 5.74) is -1.06. The van der Waals surface area contributed by atoms with Crippen LogP contribution >= 0.6 is 0 Å². The van der Waals surface area contributed by atoms with Gasteiger partial charge in [0.05, 0.1) is 22.4 Å². The fraction of sp³-hybridized carbons (Fsp3) is 1.00. The van der Waals surface area contributed by atoms with Gasteiger partial charge < -0.3 is 18.6 Å². The standard InChI is InChI=1S/C20H40B2O4.N/c1-9-17(10-2)18(11-3,12-4)24-21(23-17)22-25-19(13-5,14-6)20(15-7,16-8)26-22;/h9-16H2,1-8H3;. The van der Waals surface area contributed by atoms with Crippen LogP contribution in [0.5, 0.6) is 0 Å². The molecule has 2 fully saturated rings. The van der Waals surface area contributed by atoms with Gasteiger partial charge in [-0.25, -0.2) is 0 Å². The van der Waals surface area contributed by atoms with Gasteiger partial charge in [-0.1, -0.05) is 55.4 Å². The molecule has 2 heterocycles. The topological polar surface area (TPSA) is 67.4 Å². The van der Waals surface area contributed by atoms with E-state index in [0.717, 1.165) is 51.4 Å². The van der Waals surface area contributed by atoms with Gasteiger partial charge in [0, 0.05) is 6.15 Å². The second-order valence-corrected chi connectivity index (χ2v) is 8.01. The Morgan fingerprint density at radius 3 is 0.667 bits per heavy atom. The molecule has 155 valence electrons. The molecule has 0 atom stereocenters. The first-order chi connectivity index (χ1) is 12.4. The maximum atomic E-state index is 6.62. The molecular weight excluding hydrogens is 340 g/mol. The number of nitrogens with zero attached hydrogens (tertiary/aromatic N) is 1. The summed E-state index contributed by atoms with van der Waals surface area (Å²) >= 11 is 0. The van der Waals surface area contributed by atoms with Gasteiger partial charge in [0.1, 0.15) is 0 Å². The summed E-state index contributed by atoms with van der Waals surface area (Å²) in [6.07, 6.45) is 7.51. The van der Waals surface area contributed by atoms with Crippen molar-refractivity contribution in [2.45, 2.75) is 129 Å². The van der Waals surface area contributed by atoms with Gasteiger partial charge in [0.2, 0.25) is 0 Å². The average Bonchev–Trinajstić information content (AvgIpc) is 3.22. The maximum absolute atomic E-state index is 6.62. The van der Waals surface area contributed by atoms with Crippen LogP contribution in [0.2, 0.25) is 0 Å². The average molecular weight is 380 g/mol. The molecule has 2 rings (SSSR count). The largest absolute Gasteiger partial charge is 0.489 e. The van der Waals surface area contributed by atoms with E-state index in [-0.39, 0.29) is 28.6 Å². The third-order valence-electron chi connectivity index (χ3n) is 7.82. The molecule has 27 heavy (non-hydrogen) atoms. The Labute approximate surface area is 168 Å². The lowest BCUT2D eigenvalue weighted by Crippen LogP contribution is -2.50. The molecule has 5 nitrogen and oxygen atoms in total. The third-order valence-corrected chi connectivity index (χ3v) is 7.82. The van der Waals surface area contributed by atoms with E-state index in [1.807, 2.05) is 0 Å². The molecule has 0 bridgehead atoms. The fourth-order valence-corrected chi connectivity index (χ4v) is 5.83. The first-order valence-electron chi connectivity index (χ1n) is 11.1. The van der Waals surface area contributed by atoms with Crippen LogP contribution in [-0.4, -0.2) is 36.4 Å². The highest BCUT2D eigenvalue weighted by atomic mass is 16.7. The number of hydrogen-bond donors (Lipinski definition) is 0. The van der Waals surface area contributed by atoms with Crippen LogP contribution in [0.4, 0.5) is 0 Å². The Bertz CT molecular complexity index is 379. The number of rotatable bonds is 9. The van der Waals surface area contributed by atoms with E-state index in [1.54, 1.807) is 0 Å². The molecule has 0 aromatic rings. The van der Waals surface area contributed by atoms with Gasteiger partial charge in [-0.15, -0.1) is 0 Å². The minimum atomic E-state index is -0.452. The van der Waals surface area contributed by atoms with Gasteiger partial charge >= 0.3 is 14.0 Å². The molecule has 0 aromatic carbocycles. The Kier molecular flexibility index (Phi) is 8.48. The van der Waals surface area contributed by atoms with Crippen molar-refractivity contribution >= 4 is 14.0 Å². The summed E-state index contributed by atoms with van der Waals surface area (Å²) in [7, 11) is -0.903. The van der Waals surface area contributed by atoms with E-state index in [4.69, 9.17) is 18.6 Å². The summed E-state index contributed by atoms with van der Waals surface area (Å²) in [4.78, 5) is 0. The van der Waals surface area contributed by atoms with Crippen molar-refractivity contribution in [3.8, 4) is 0 Å². The Balaban J connectivity index is 0.00000364. The minimum absolute atomic E-state index is 0. The molecule has 0 aromatic heterocycles. The van der Waals surface area contributed by atoms with Crippen molar-refractivity contribution in [3.05, 3.63) is 0 Å². The Morgan fingerprint density at radius 1 is 0.407 bits per heavy atom. The zero-order chi connectivity index (χ0) is 19.6. The SMILES string of the molecule is CCC1(CC)OB(B2OC(CC)(CC)C(CC)(CC)O2)OC1(CC)CC.[N]. The molecule has 0 saturated carbocycles. The van der Waals surface area contributed by atoms with Crippen molar-refractivity contribution in [3.63, 3.8) is 0 Å². The quantitative estimate of drug-likeness (QED) is 0.534. The fourth-order valence-electron chi connectivity index (χ4n) is 5.83. The van der Waals surface area contributed by atoms with E-state index >= 15 is 0 Å². The van der Waals surface area contributed by atoms with Crippen LogP contribution in [0, 0.1) is 0 Å². The van der Waals surface area contributed by atoms with Gasteiger partial charge in [-0.2, -0.15) is 0 Å². The zero-order valence-electron chi connectivity index (χ0n) is 18.9. The summed E-state index contributed by atoms with van der Waals surface area (Å²) in [6, 6.07) is 0. The van der Waals surface area contributed by atoms with E-state index in [2.05, 4.69) is 55.4 Å². The lowest BCUT2D eigenvalue weighted by atomic mass is 9.49. The molecule has 3 radical (unpaired) electrons. The van der Waals surface area contributed by atoms with Gasteiger partial charge in [-0.05, 0) is 51.4 Å². The van der Waals surface area contributed by atoms with Crippen molar-refractivity contribution in [2.75, 3.05) is 0 Å². The minimum Gasteiger partial charge on any atom is -0.405 e. The van der Waals surface area contributed by atoms with Gasteiger partial charge in [0.25, 0.3) is 0 Å². The predicted molar refractivity (Wildman–Crippen MR) is 111 cm³/mol. The molecule has 0 N–H and O–H groups in total. The number of hydrogen-bond acceptors (Lipinski definition) is 4. The van der Waals surface area contributed by atoms with Crippen molar-refractivity contribution in [1.82, 2.24) is 6.15 Å². The lowest BCUT2D eigenvalue weighted by Gasteiger charge is -2.42. The Hall–Kier alpha value is -0.0701. The van der Waals surface area contributed by atoms with Crippen LogP contribution in [0.1, 0.15) is 107 Å². The molecule has 0 aliphatic carbocycles. The molecule has 2 aliphatic rings. The van der Waals surface area contributed by atoms with E-state index in [9.17, 15) is 0 Å². The summed E-state index contributed by atoms with van der Waals surface area (Å²) in [6.45, 7) is 17.6. The molecule has 0 spiro atoms. The third kappa shape index (κ3) is 3.42. The maximum Gasteiger partial charge on any atom is 0.489 e. The van der Waals surface area contributed by atoms with Crippen molar-refractivity contribution in [2.24, 2.45) is 0 Å². The second kappa shape index (κ2) is 9.17. The van der Waals surface area contributed by atoms with Crippen LogP contribution < -0.4 is 6.15 Å². The van der Waals surface area contributed by atoms with Gasteiger partial charge in [0.15, 0.2) is 0 Å². The summed E-state index contributed by atoms with van der Waals surface area (Å²) in [5.74, 6) is 0. The molecule has 2 saturated heterocycles. The Morgan fingerprint density at radius 2 is 0.556 bits per heavy atom. The molecule has 7 heteroatoms. The smallest absolute Gasteiger partial charge is 0.405 e. The van der Waals surface area contributed by atoms with Crippen molar-refractivity contribution < 1.29 is 18.6 Å². The second-order valence-electron chi connectivity index (χ2n) is 8.01. The van der Waals surface area contributed by atoms with Crippen LogP contribution in [0.25, 0.3) is 0 Å². The molecular formula is C20H40B2NO4. The van der Waals surface area contributed by atoms with E-state index < -0.39 is 14.0 Å². The first-order valence-corrected chi connectivity index (χ1v) is 11.1. The monoisotopic (exact) mass is 380 g/mol. The van der Waals surface area contributed by atoms with E-state index in [0.29, 0.717) is 0 Å². The molecule has 0 unspecified atom stereocenters. The van der Waals surface area contributed by atoms with E-state index in [1.165, 1.54) is 0 Å². The normalized spacial score (nSPS) is 24.9. The highest BCUT2D eigenvalue weighted by Gasteiger charge is 2.68. The van der Waals surface area contributed by atoms with Crippen LogP contribution in [-0.2, 0) is 18.6 Å². The predicted octanol–water partition coefficient (Wildman–Crippen LogP) is 4.89. The lowest BCUT2D eigenvalue weighted by molar-refractivity contribution is -0.0601. The van der Waals surface area contributed by atoms with Crippen LogP contribution in [0.15, 0.2) is 0 Å². The highest BCUT2D eigenvalue weighted by molar-refractivity contribution is 7.11. The van der Waals surface area contributed by atoms with Crippen LogP contribution in [0.3, 0.4) is 0 Å². The zero-order valence-corrected chi connectivity index (χ0v) is 18.9. The molecule has 0 amide bonds. The summed E-state index contributed by atoms with van der Waals surface area (Å²) in [5, 5.41) is 0. The first kappa shape index (κ1) is 25.0. The van der Waals surface area contributed by atoms with Gasteiger partial charge in [-0.3, -0.25) is 0 Å². The highest BCUT2D eigenvalue weighted by Crippen LogP contribution is 2.52. The molecule has 2 aliphatic heterocycles.